The summed E-state index contributed by atoms with van der Waals surface area (Å²) < 4.78 is 0. The van der Waals surface area contributed by atoms with E-state index in [0.29, 0.717) is 0 Å². The van der Waals surface area contributed by atoms with Gasteiger partial charge in [0.05, 0.1) is 6.04 Å². The van der Waals surface area contributed by atoms with Crippen molar-refractivity contribution >= 4 is 0 Å². The molecule has 0 aromatic rings. The molecule has 0 spiro atoms. The highest BCUT2D eigenvalue weighted by atomic mass is 16.5. The first-order chi connectivity index (χ1) is 5.37. The van der Waals surface area contributed by atoms with Crippen molar-refractivity contribution in [1.82, 2.24) is 5.48 Å². The lowest BCUT2D eigenvalue weighted by molar-refractivity contribution is 0.126. The molecule has 3 nitrogen and oxygen atoms in total. The summed E-state index contributed by atoms with van der Waals surface area (Å²) in [6.07, 6.45) is 0. The fourth-order valence-electron chi connectivity index (χ4n) is 0.602. The maximum atomic E-state index is 9.26. The lowest BCUT2D eigenvalue weighted by Gasteiger charge is -2.13. The van der Waals surface area contributed by atoms with Crippen molar-refractivity contribution in [1.29, 1.82) is 0 Å². The zero-order chi connectivity index (χ0) is 9.78. The average molecular weight is 171 g/mol. The standard InChI is InChI=1S/C9H17NO2/c1-7(2)8(10-12)5-6-9(3,4)11/h7-8,10-12H,1-4H3/t8-/m0/s1. The van der Waals surface area contributed by atoms with Gasteiger partial charge in [-0.25, -0.2) is 0 Å². The van der Waals surface area contributed by atoms with E-state index in [9.17, 15) is 5.11 Å². The van der Waals surface area contributed by atoms with Gasteiger partial charge in [-0.15, -0.1) is 0 Å². The molecule has 0 radical (unpaired) electrons. The highest BCUT2D eigenvalue weighted by Gasteiger charge is 2.10. The molecule has 0 amide bonds. The lowest BCUT2D eigenvalue weighted by Crippen LogP contribution is -2.30. The van der Waals surface area contributed by atoms with Crippen LogP contribution in [0.15, 0.2) is 0 Å². The summed E-state index contributed by atoms with van der Waals surface area (Å²) in [5.74, 6) is 5.60. The van der Waals surface area contributed by atoms with E-state index in [1.807, 2.05) is 13.8 Å². The maximum Gasteiger partial charge on any atom is 0.120 e. The molecule has 0 bridgehead atoms. The van der Waals surface area contributed by atoms with Gasteiger partial charge in [0.15, 0.2) is 0 Å². The molecule has 0 rings (SSSR count). The Bertz CT molecular complexity index is 183. The third-order valence-corrected chi connectivity index (χ3v) is 1.34. The largest absolute Gasteiger partial charge is 0.378 e. The Labute approximate surface area is 73.8 Å². The first-order valence-corrected chi connectivity index (χ1v) is 4.01. The van der Waals surface area contributed by atoms with Crippen molar-refractivity contribution in [2.45, 2.75) is 39.3 Å². The number of hydroxylamine groups is 1. The zero-order valence-electron chi connectivity index (χ0n) is 8.05. The summed E-state index contributed by atoms with van der Waals surface area (Å²) in [4.78, 5) is 0. The van der Waals surface area contributed by atoms with Gasteiger partial charge in [-0.3, -0.25) is 0 Å². The number of rotatable bonds is 2. The van der Waals surface area contributed by atoms with Crippen molar-refractivity contribution in [3.63, 3.8) is 0 Å². The van der Waals surface area contributed by atoms with Crippen LogP contribution in [0.4, 0.5) is 0 Å². The number of nitrogens with one attached hydrogen (secondary N) is 1. The first-order valence-electron chi connectivity index (χ1n) is 4.01. The smallest absolute Gasteiger partial charge is 0.120 e. The molecule has 0 aromatic heterocycles. The molecule has 0 saturated heterocycles. The molecule has 3 heteroatoms. The molecule has 3 N–H and O–H groups in total. The fraction of sp³-hybridized carbons (Fsp3) is 0.778. The Morgan fingerprint density at radius 2 is 1.83 bits per heavy atom. The van der Waals surface area contributed by atoms with Crippen LogP contribution in [0.1, 0.15) is 27.7 Å². The van der Waals surface area contributed by atoms with Gasteiger partial charge >= 0.3 is 0 Å². The van der Waals surface area contributed by atoms with Gasteiger partial charge in [0, 0.05) is 0 Å². The minimum absolute atomic E-state index is 0.213. The van der Waals surface area contributed by atoms with Crippen LogP contribution >= 0.6 is 0 Å². The van der Waals surface area contributed by atoms with Crippen LogP contribution in [0.2, 0.25) is 0 Å². The summed E-state index contributed by atoms with van der Waals surface area (Å²) in [5, 5.41) is 17.9. The molecule has 0 aliphatic heterocycles. The van der Waals surface area contributed by atoms with Crippen LogP contribution in [-0.2, 0) is 0 Å². The highest BCUT2D eigenvalue weighted by Crippen LogP contribution is 2.01. The highest BCUT2D eigenvalue weighted by molar-refractivity contribution is 5.15. The van der Waals surface area contributed by atoms with Gasteiger partial charge in [0.2, 0.25) is 0 Å². The number of aliphatic hydroxyl groups is 1. The second-order valence-corrected chi connectivity index (χ2v) is 3.68. The van der Waals surface area contributed by atoms with E-state index in [-0.39, 0.29) is 12.0 Å². The minimum atomic E-state index is -0.996. The summed E-state index contributed by atoms with van der Waals surface area (Å²) >= 11 is 0. The Hall–Kier alpha value is -0.560. The molecule has 0 saturated carbocycles. The lowest BCUT2D eigenvalue weighted by atomic mass is 10.0. The van der Waals surface area contributed by atoms with Crippen LogP contribution in [0.25, 0.3) is 0 Å². The van der Waals surface area contributed by atoms with Gasteiger partial charge in [0.25, 0.3) is 0 Å². The topological polar surface area (TPSA) is 52.5 Å². The Morgan fingerprint density at radius 3 is 2.08 bits per heavy atom. The van der Waals surface area contributed by atoms with Crippen molar-refractivity contribution in [3.8, 4) is 11.8 Å². The second-order valence-electron chi connectivity index (χ2n) is 3.68. The molecule has 0 aliphatic carbocycles. The molecule has 0 fully saturated rings. The SMILES string of the molecule is CC(C)[C@H](C#CC(C)(C)O)NO. The van der Waals surface area contributed by atoms with Crippen molar-refractivity contribution in [2.24, 2.45) is 5.92 Å². The van der Waals surface area contributed by atoms with Crippen LogP contribution < -0.4 is 5.48 Å². The van der Waals surface area contributed by atoms with Crippen molar-refractivity contribution in [2.75, 3.05) is 0 Å². The Balaban J connectivity index is 4.25. The van der Waals surface area contributed by atoms with Crippen LogP contribution in [0.3, 0.4) is 0 Å². The van der Waals surface area contributed by atoms with E-state index in [0.717, 1.165) is 0 Å². The molecule has 0 aliphatic rings. The Morgan fingerprint density at radius 1 is 1.33 bits per heavy atom. The van der Waals surface area contributed by atoms with Crippen molar-refractivity contribution in [3.05, 3.63) is 0 Å². The fourth-order valence-corrected chi connectivity index (χ4v) is 0.602. The maximum absolute atomic E-state index is 9.26. The third-order valence-electron chi connectivity index (χ3n) is 1.34. The van der Waals surface area contributed by atoms with E-state index in [4.69, 9.17) is 5.21 Å². The van der Waals surface area contributed by atoms with Crippen LogP contribution in [-0.4, -0.2) is 22.0 Å². The monoisotopic (exact) mass is 171 g/mol. The zero-order valence-corrected chi connectivity index (χ0v) is 8.05. The summed E-state index contributed by atoms with van der Waals surface area (Å²) in [6, 6.07) is -0.281. The first kappa shape index (κ1) is 11.4. The van der Waals surface area contributed by atoms with E-state index in [1.165, 1.54) is 0 Å². The Kier molecular flexibility index (Phi) is 4.25. The second kappa shape index (κ2) is 4.46. The number of hydrogen-bond donors (Lipinski definition) is 3. The van der Waals surface area contributed by atoms with Gasteiger partial charge in [-0.2, -0.15) is 5.48 Å². The predicted molar refractivity (Wildman–Crippen MR) is 47.6 cm³/mol. The molecule has 0 heterocycles. The predicted octanol–water partition coefficient (Wildman–Crippen LogP) is 0.764. The van der Waals surface area contributed by atoms with Crippen LogP contribution in [0, 0.1) is 17.8 Å². The minimum Gasteiger partial charge on any atom is -0.378 e. The molecule has 0 unspecified atom stereocenters. The molecule has 70 valence electrons. The van der Waals surface area contributed by atoms with E-state index in [1.54, 1.807) is 13.8 Å². The van der Waals surface area contributed by atoms with Gasteiger partial charge < -0.3 is 10.3 Å². The quantitative estimate of drug-likeness (QED) is 0.425. The van der Waals surface area contributed by atoms with E-state index in [2.05, 4.69) is 17.3 Å². The molecule has 12 heavy (non-hydrogen) atoms. The number of hydrogen-bond acceptors (Lipinski definition) is 3. The third kappa shape index (κ3) is 5.14. The van der Waals surface area contributed by atoms with Crippen LogP contribution in [0.5, 0.6) is 0 Å². The molecule has 1 atom stereocenters. The average Bonchev–Trinajstić information content (AvgIpc) is 1.85. The summed E-state index contributed by atoms with van der Waals surface area (Å²) in [6.45, 7) is 7.09. The molecule has 0 aromatic carbocycles. The van der Waals surface area contributed by atoms with E-state index < -0.39 is 5.60 Å². The summed E-state index contributed by atoms with van der Waals surface area (Å²) in [7, 11) is 0. The summed E-state index contributed by atoms with van der Waals surface area (Å²) in [5.41, 5.74) is 1.09. The van der Waals surface area contributed by atoms with Gasteiger partial charge in [-0.05, 0) is 19.8 Å². The molecular weight excluding hydrogens is 154 g/mol. The molecular formula is C9H17NO2. The van der Waals surface area contributed by atoms with Gasteiger partial charge in [0.1, 0.15) is 5.60 Å². The van der Waals surface area contributed by atoms with Crippen molar-refractivity contribution < 1.29 is 10.3 Å². The van der Waals surface area contributed by atoms with Gasteiger partial charge in [-0.1, -0.05) is 25.7 Å². The van der Waals surface area contributed by atoms with E-state index >= 15 is 0 Å². The normalized spacial score (nSPS) is 13.9.